The van der Waals surface area contributed by atoms with Crippen molar-refractivity contribution in [1.82, 2.24) is 5.32 Å². The number of rotatable bonds is 7. The number of anilines is 1. The van der Waals surface area contributed by atoms with Crippen molar-refractivity contribution >= 4 is 33.2 Å². The molecular weight excluding hydrogens is 496 g/mol. The summed E-state index contributed by atoms with van der Waals surface area (Å²) in [5.41, 5.74) is -1.07. The van der Waals surface area contributed by atoms with Gasteiger partial charge in [-0.05, 0) is 55.0 Å². The van der Waals surface area contributed by atoms with E-state index in [2.05, 4.69) is 5.32 Å². The summed E-state index contributed by atoms with van der Waals surface area (Å²) >= 11 is 5.68. The highest BCUT2D eigenvalue weighted by atomic mass is 35.5. The van der Waals surface area contributed by atoms with Crippen LogP contribution in [0.2, 0.25) is 5.02 Å². The molecule has 1 N–H and O–H groups in total. The van der Waals surface area contributed by atoms with E-state index in [1.807, 2.05) is 0 Å². The van der Waals surface area contributed by atoms with Gasteiger partial charge in [0.15, 0.2) is 0 Å². The van der Waals surface area contributed by atoms with Crippen LogP contribution in [0.4, 0.5) is 23.2 Å². The first-order valence-corrected chi connectivity index (χ1v) is 11.7. The largest absolute Gasteiger partial charge is 0.417 e. The molecule has 0 aromatic heterocycles. The van der Waals surface area contributed by atoms with Crippen LogP contribution in [-0.4, -0.2) is 20.9 Å². The van der Waals surface area contributed by atoms with E-state index < -0.39 is 51.1 Å². The molecule has 0 saturated heterocycles. The molecule has 0 spiro atoms. The standard InChI is InChI=1S/C23H19ClF4N2O3S/c1-15(16-7-9-17(25)10-8-16)29-22(31)14-30(34(32,33)19-5-3-2-4-6-19)18-11-12-21(24)20(13-18)23(26,27)28/h2-13,15H,14H2,1H3,(H,29,31). The summed E-state index contributed by atoms with van der Waals surface area (Å²) in [6, 6.07) is 14.3. The maximum absolute atomic E-state index is 13.4. The van der Waals surface area contributed by atoms with Gasteiger partial charge in [-0.2, -0.15) is 13.2 Å². The zero-order valence-electron chi connectivity index (χ0n) is 17.7. The molecule has 0 fully saturated rings. The molecule has 0 bridgehead atoms. The molecule has 0 radical (unpaired) electrons. The number of amides is 1. The zero-order chi connectivity index (χ0) is 25.1. The number of sulfonamides is 1. The van der Waals surface area contributed by atoms with Crippen LogP contribution in [0.5, 0.6) is 0 Å². The van der Waals surface area contributed by atoms with Crippen LogP contribution in [0.15, 0.2) is 77.7 Å². The monoisotopic (exact) mass is 514 g/mol. The first-order valence-electron chi connectivity index (χ1n) is 9.89. The topological polar surface area (TPSA) is 66.5 Å². The Hall–Kier alpha value is -3.11. The van der Waals surface area contributed by atoms with Crippen molar-refractivity contribution in [3.8, 4) is 0 Å². The van der Waals surface area contributed by atoms with Gasteiger partial charge >= 0.3 is 6.18 Å². The number of halogens is 5. The predicted molar refractivity (Wildman–Crippen MR) is 120 cm³/mol. The van der Waals surface area contributed by atoms with Crippen molar-refractivity contribution in [3.63, 3.8) is 0 Å². The Labute approximate surface area is 199 Å². The Morgan fingerprint density at radius 2 is 1.65 bits per heavy atom. The third kappa shape index (κ3) is 5.87. The van der Waals surface area contributed by atoms with Crippen molar-refractivity contribution in [2.75, 3.05) is 10.8 Å². The van der Waals surface area contributed by atoms with Gasteiger partial charge in [0.1, 0.15) is 12.4 Å². The molecule has 0 saturated carbocycles. The molecule has 11 heteroatoms. The van der Waals surface area contributed by atoms with E-state index in [0.29, 0.717) is 15.9 Å². The Balaban J connectivity index is 1.97. The molecule has 3 aromatic rings. The summed E-state index contributed by atoms with van der Waals surface area (Å²) in [7, 11) is -4.42. The maximum atomic E-state index is 13.4. The fourth-order valence-corrected chi connectivity index (χ4v) is 4.83. The molecule has 180 valence electrons. The minimum atomic E-state index is -4.84. The fourth-order valence-electron chi connectivity index (χ4n) is 3.17. The van der Waals surface area contributed by atoms with E-state index in [0.717, 1.165) is 12.1 Å². The SMILES string of the molecule is CC(NC(=O)CN(c1ccc(Cl)c(C(F)(F)F)c1)S(=O)(=O)c1ccccc1)c1ccc(F)cc1. The smallest absolute Gasteiger partial charge is 0.348 e. The molecule has 3 rings (SSSR count). The van der Waals surface area contributed by atoms with Crippen LogP contribution in [0.3, 0.4) is 0 Å². The number of alkyl halides is 3. The lowest BCUT2D eigenvalue weighted by atomic mass is 10.1. The van der Waals surface area contributed by atoms with Gasteiger partial charge in [0, 0.05) is 0 Å². The van der Waals surface area contributed by atoms with Gasteiger partial charge < -0.3 is 5.32 Å². The summed E-state index contributed by atoms with van der Waals surface area (Å²) in [5.74, 6) is -1.24. The number of nitrogens with one attached hydrogen (secondary N) is 1. The highest BCUT2D eigenvalue weighted by molar-refractivity contribution is 7.92. The maximum Gasteiger partial charge on any atom is 0.417 e. The number of hydrogen-bond acceptors (Lipinski definition) is 3. The lowest BCUT2D eigenvalue weighted by Crippen LogP contribution is -2.41. The number of hydrogen-bond donors (Lipinski definition) is 1. The summed E-state index contributed by atoms with van der Waals surface area (Å²) in [4.78, 5) is 12.6. The molecule has 5 nitrogen and oxygen atoms in total. The zero-order valence-corrected chi connectivity index (χ0v) is 19.3. The van der Waals surface area contributed by atoms with Crippen molar-refractivity contribution in [3.05, 3.63) is 94.8 Å². The quantitative estimate of drug-likeness (QED) is 0.419. The van der Waals surface area contributed by atoms with Gasteiger partial charge in [-0.1, -0.05) is 41.9 Å². The Kier molecular flexibility index (Phi) is 7.52. The van der Waals surface area contributed by atoms with Crippen molar-refractivity contribution in [2.24, 2.45) is 0 Å². The average Bonchev–Trinajstić information content (AvgIpc) is 2.78. The Morgan fingerprint density at radius 1 is 1.03 bits per heavy atom. The molecular formula is C23H19ClF4N2O3S. The summed E-state index contributed by atoms with van der Waals surface area (Å²) in [5, 5.41) is 1.97. The molecule has 1 unspecified atom stereocenters. The van der Waals surface area contributed by atoms with Crippen LogP contribution in [0.1, 0.15) is 24.1 Å². The van der Waals surface area contributed by atoms with Gasteiger partial charge in [0.2, 0.25) is 5.91 Å². The number of nitrogens with zero attached hydrogens (tertiary/aromatic N) is 1. The molecule has 0 aliphatic rings. The molecule has 0 aliphatic carbocycles. The summed E-state index contributed by atoms with van der Waals surface area (Å²) < 4.78 is 80.5. The van der Waals surface area contributed by atoms with Gasteiger partial charge in [0.05, 0.1) is 27.2 Å². The van der Waals surface area contributed by atoms with E-state index in [4.69, 9.17) is 11.6 Å². The first-order chi connectivity index (χ1) is 15.9. The normalized spacial score (nSPS) is 12.8. The molecule has 0 heterocycles. The molecule has 1 amide bonds. The fraction of sp³-hybridized carbons (Fsp3) is 0.174. The highest BCUT2D eigenvalue weighted by Crippen LogP contribution is 2.38. The summed E-state index contributed by atoms with van der Waals surface area (Å²) in [6.07, 6.45) is -4.84. The highest BCUT2D eigenvalue weighted by Gasteiger charge is 2.35. The molecule has 0 aliphatic heterocycles. The number of carbonyl (C=O) groups is 1. The van der Waals surface area contributed by atoms with Crippen LogP contribution in [0, 0.1) is 5.82 Å². The van der Waals surface area contributed by atoms with Crippen LogP contribution >= 0.6 is 11.6 Å². The average molecular weight is 515 g/mol. The van der Waals surface area contributed by atoms with Crippen molar-refractivity contribution < 1.29 is 30.8 Å². The second-order valence-electron chi connectivity index (χ2n) is 7.33. The van der Waals surface area contributed by atoms with Crippen LogP contribution < -0.4 is 9.62 Å². The van der Waals surface area contributed by atoms with Crippen molar-refractivity contribution in [2.45, 2.75) is 24.0 Å². The second-order valence-corrected chi connectivity index (χ2v) is 9.60. The van der Waals surface area contributed by atoms with Gasteiger partial charge in [0.25, 0.3) is 10.0 Å². The summed E-state index contributed by atoms with van der Waals surface area (Å²) in [6.45, 7) is 0.799. The molecule has 3 aromatic carbocycles. The lowest BCUT2D eigenvalue weighted by Gasteiger charge is -2.26. The van der Waals surface area contributed by atoms with Crippen LogP contribution in [0.25, 0.3) is 0 Å². The minimum absolute atomic E-state index is 0.210. The van der Waals surface area contributed by atoms with Crippen molar-refractivity contribution in [1.29, 1.82) is 0 Å². The van der Waals surface area contributed by atoms with Crippen LogP contribution in [-0.2, 0) is 21.0 Å². The van der Waals surface area contributed by atoms with Gasteiger partial charge in [-0.3, -0.25) is 9.10 Å². The molecule has 1 atom stereocenters. The minimum Gasteiger partial charge on any atom is -0.348 e. The second kappa shape index (κ2) is 10.0. The van der Waals surface area contributed by atoms with E-state index >= 15 is 0 Å². The van der Waals surface area contributed by atoms with Gasteiger partial charge in [-0.15, -0.1) is 0 Å². The van der Waals surface area contributed by atoms with Gasteiger partial charge in [-0.25, -0.2) is 12.8 Å². The van der Waals surface area contributed by atoms with E-state index in [9.17, 15) is 30.8 Å². The molecule has 34 heavy (non-hydrogen) atoms. The first kappa shape index (κ1) is 25.5. The Morgan fingerprint density at radius 3 is 2.24 bits per heavy atom. The predicted octanol–water partition coefficient (Wildman–Crippen LogP) is 5.57. The number of carbonyl (C=O) groups excluding carboxylic acids is 1. The van der Waals surface area contributed by atoms with E-state index in [1.54, 1.807) is 13.0 Å². The lowest BCUT2D eigenvalue weighted by molar-refractivity contribution is -0.137. The van der Waals surface area contributed by atoms with E-state index in [1.165, 1.54) is 48.5 Å². The Bertz CT molecular complexity index is 1270. The third-order valence-corrected chi connectivity index (χ3v) is 7.03. The number of benzene rings is 3. The third-order valence-electron chi connectivity index (χ3n) is 4.91. The van der Waals surface area contributed by atoms with E-state index in [-0.39, 0.29) is 10.6 Å².